The van der Waals surface area contributed by atoms with Crippen LogP contribution >= 0.6 is 0 Å². The van der Waals surface area contributed by atoms with Gasteiger partial charge in [-0.3, -0.25) is 0 Å². The Morgan fingerprint density at radius 1 is 1.41 bits per heavy atom. The monoisotopic (exact) mass is 243 g/mol. The highest BCUT2D eigenvalue weighted by Crippen LogP contribution is 1.98. The van der Waals surface area contributed by atoms with Crippen molar-refractivity contribution in [3.8, 4) is 0 Å². The molecular weight excluding hydrogens is 230 g/mol. The van der Waals surface area contributed by atoms with E-state index in [4.69, 9.17) is 4.74 Å². The molecule has 1 amide bonds. The van der Waals surface area contributed by atoms with Gasteiger partial charge >= 0.3 is 18.0 Å². The number of hydrogen-bond acceptors (Lipinski definition) is 6. The number of carbonyl (C=O) groups is 3. The lowest BCUT2D eigenvalue weighted by Gasteiger charge is -2.06. The maximum Gasteiger partial charge on any atom is 0.407 e. The molecule has 0 bridgehead atoms. The number of nitrogens with one attached hydrogen (secondary N) is 1. The van der Waals surface area contributed by atoms with Crippen LogP contribution in [0.4, 0.5) is 4.79 Å². The van der Waals surface area contributed by atoms with Crippen LogP contribution in [0, 0.1) is 0 Å². The van der Waals surface area contributed by atoms with Gasteiger partial charge in [0.2, 0.25) is 0 Å². The highest BCUT2D eigenvalue weighted by molar-refractivity contribution is 5.91. The number of rotatable bonds is 5. The van der Waals surface area contributed by atoms with Gasteiger partial charge in [0, 0.05) is 12.2 Å². The number of amides is 1. The molecule has 0 aromatic rings. The molecule has 0 aliphatic carbocycles. The molecule has 0 aromatic carbocycles. The highest BCUT2D eigenvalue weighted by atomic mass is 16.6. The smallest absolute Gasteiger partial charge is 0.407 e. The predicted octanol–water partition coefficient (Wildman–Crippen LogP) is -0.243. The summed E-state index contributed by atoms with van der Waals surface area (Å²) in [5.41, 5.74) is 0. The second-order valence-corrected chi connectivity index (χ2v) is 3.16. The average Bonchev–Trinajstić information content (AvgIpc) is 2.70. The van der Waals surface area contributed by atoms with Gasteiger partial charge < -0.3 is 19.5 Å². The van der Waals surface area contributed by atoms with Crippen molar-refractivity contribution in [1.29, 1.82) is 0 Å². The van der Waals surface area contributed by atoms with E-state index in [1.165, 1.54) is 0 Å². The number of hydrogen-bond donors (Lipinski definition) is 1. The Hall–Kier alpha value is -2.05. The first-order valence-electron chi connectivity index (χ1n) is 5.06. The quantitative estimate of drug-likeness (QED) is 0.407. The lowest BCUT2D eigenvalue weighted by molar-refractivity contribution is -0.140. The van der Waals surface area contributed by atoms with Gasteiger partial charge in [0.25, 0.3) is 0 Å². The van der Waals surface area contributed by atoms with Gasteiger partial charge in [-0.1, -0.05) is 0 Å². The average molecular weight is 243 g/mol. The van der Waals surface area contributed by atoms with E-state index in [0.717, 1.165) is 12.2 Å². The Bertz CT molecular complexity index is 338. The molecular formula is C10H13NO6. The summed E-state index contributed by atoms with van der Waals surface area (Å²) >= 11 is 0. The van der Waals surface area contributed by atoms with Crippen molar-refractivity contribution in [2.75, 3.05) is 19.8 Å². The summed E-state index contributed by atoms with van der Waals surface area (Å²) in [6.45, 7) is 2.06. The minimum Gasteiger partial charge on any atom is -0.463 e. The van der Waals surface area contributed by atoms with E-state index in [2.05, 4.69) is 14.8 Å². The summed E-state index contributed by atoms with van der Waals surface area (Å²) in [6.07, 6.45) is 1.42. The van der Waals surface area contributed by atoms with Crippen molar-refractivity contribution in [3.63, 3.8) is 0 Å². The summed E-state index contributed by atoms with van der Waals surface area (Å²) in [5.74, 6) is -1.29. The topological polar surface area (TPSA) is 90.9 Å². The third-order valence-corrected chi connectivity index (χ3v) is 1.81. The molecule has 1 heterocycles. The highest BCUT2D eigenvalue weighted by Gasteiger charge is 2.22. The minimum atomic E-state index is -0.681. The van der Waals surface area contributed by atoms with Crippen molar-refractivity contribution < 1.29 is 28.6 Å². The molecule has 1 fully saturated rings. The van der Waals surface area contributed by atoms with Gasteiger partial charge in [0.1, 0.15) is 19.3 Å². The fourth-order valence-electron chi connectivity index (χ4n) is 1.07. The van der Waals surface area contributed by atoms with Crippen LogP contribution in [0.15, 0.2) is 12.2 Å². The minimum absolute atomic E-state index is 0.00224. The maximum absolute atomic E-state index is 11.1. The van der Waals surface area contributed by atoms with Gasteiger partial charge in [-0.2, -0.15) is 0 Å². The van der Waals surface area contributed by atoms with E-state index < -0.39 is 18.0 Å². The second kappa shape index (κ2) is 6.51. The molecule has 94 valence electrons. The Morgan fingerprint density at radius 3 is 2.59 bits per heavy atom. The first-order chi connectivity index (χ1) is 8.11. The number of alkyl carbamates (subject to hydrolysis) is 1. The van der Waals surface area contributed by atoms with Crippen LogP contribution < -0.4 is 5.32 Å². The fourth-order valence-corrected chi connectivity index (χ4v) is 1.07. The Balaban J connectivity index is 2.21. The molecule has 1 saturated heterocycles. The largest absolute Gasteiger partial charge is 0.463 e. The first-order valence-corrected chi connectivity index (χ1v) is 5.06. The molecule has 0 aromatic heterocycles. The fraction of sp³-hybridized carbons (Fsp3) is 0.500. The lowest BCUT2D eigenvalue weighted by atomic mass is 10.3. The summed E-state index contributed by atoms with van der Waals surface area (Å²) in [6, 6.07) is -0.345. The predicted molar refractivity (Wildman–Crippen MR) is 55.0 cm³/mol. The van der Waals surface area contributed by atoms with E-state index in [1.807, 2.05) is 0 Å². The Morgan fingerprint density at radius 2 is 2.06 bits per heavy atom. The summed E-state index contributed by atoms with van der Waals surface area (Å²) in [4.78, 5) is 32.6. The SMILES string of the molecule is CCOC(=O)/C=C/C(=O)OCC1COC(=O)N1. The molecule has 1 atom stereocenters. The van der Waals surface area contributed by atoms with Crippen molar-refractivity contribution in [3.05, 3.63) is 12.2 Å². The van der Waals surface area contributed by atoms with Gasteiger partial charge in [-0.15, -0.1) is 0 Å². The summed E-state index contributed by atoms with van der Waals surface area (Å²) in [5, 5.41) is 2.44. The summed E-state index contributed by atoms with van der Waals surface area (Å²) < 4.78 is 13.9. The van der Waals surface area contributed by atoms with E-state index >= 15 is 0 Å². The molecule has 1 rings (SSSR count). The van der Waals surface area contributed by atoms with Crippen LogP contribution in [-0.2, 0) is 23.8 Å². The van der Waals surface area contributed by atoms with Crippen LogP contribution in [0.3, 0.4) is 0 Å². The third kappa shape index (κ3) is 5.01. The molecule has 0 saturated carbocycles. The molecule has 1 N–H and O–H groups in total. The molecule has 1 aliphatic heterocycles. The molecule has 7 nitrogen and oxygen atoms in total. The Labute approximate surface area is 97.7 Å². The van der Waals surface area contributed by atoms with Crippen molar-refractivity contribution in [1.82, 2.24) is 5.32 Å². The van der Waals surface area contributed by atoms with Gasteiger partial charge in [-0.25, -0.2) is 14.4 Å². The van der Waals surface area contributed by atoms with E-state index in [9.17, 15) is 14.4 Å². The zero-order chi connectivity index (χ0) is 12.7. The van der Waals surface area contributed by atoms with Crippen LogP contribution in [0.5, 0.6) is 0 Å². The molecule has 7 heteroatoms. The van der Waals surface area contributed by atoms with Crippen LogP contribution in [0.2, 0.25) is 0 Å². The zero-order valence-corrected chi connectivity index (χ0v) is 9.30. The van der Waals surface area contributed by atoms with Crippen molar-refractivity contribution >= 4 is 18.0 Å². The first kappa shape index (κ1) is 13.0. The number of esters is 2. The van der Waals surface area contributed by atoms with Crippen molar-refractivity contribution in [2.24, 2.45) is 0 Å². The third-order valence-electron chi connectivity index (χ3n) is 1.81. The normalized spacial score (nSPS) is 18.6. The maximum atomic E-state index is 11.1. The molecule has 0 radical (unpaired) electrons. The standard InChI is InChI=1S/C10H13NO6/c1-2-15-8(12)3-4-9(13)16-5-7-6-17-10(14)11-7/h3-4,7H,2,5-6H2,1H3,(H,11,14)/b4-3+. The van der Waals surface area contributed by atoms with Crippen LogP contribution in [0.25, 0.3) is 0 Å². The second-order valence-electron chi connectivity index (χ2n) is 3.16. The zero-order valence-electron chi connectivity index (χ0n) is 9.30. The summed E-state index contributed by atoms with van der Waals surface area (Å²) in [7, 11) is 0. The number of carbonyl (C=O) groups excluding carboxylic acids is 3. The van der Waals surface area contributed by atoms with Gasteiger partial charge in [0.05, 0.1) is 6.61 Å². The molecule has 1 unspecified atom stereocenters. The lowest BCUT2D eigenvalue weighted by Crippen LogP contribution is -2.31. The molecule has 17 heavy (non-hydrogen) atoms. The molecule has 0 spiro atoms. The molecule has 1 aliphatic rings. The van der Waals surface area contributed by atoms with E-state index in [1.54, 1.807) is 6.92 Å². The van der Waals surface area contributed by atoms with Crippen molar-refractivity contribution in [2.45, 2.75) is 13.0 Å². The van der Waals surface area contributed by atoms with E-state index in [-0.39, 0.29) is 25.9 Å². The number of ether oxygens (including phenoxy) is 3. The number of cyclic esters (lactones) is 1. The van der Waals surface area contributed by atoms with E-state index in [0.29, 0.717) is 0 Å². The Kier molecular flexibility index (Phi) is 4.99. The van der Waals surface area contributed by atoms with Gasteiger partial charge in [-0.05, 0) is 6.92 Å². The van der Waals surface area contributed by atoms with Crippen LogP contribution in [-0.4, -0.2) is 43.9 Å². The van der Waals surface area contributed by atoms with Crippen LogP contribution in [0.1, 0.15) is 6.92 Å². The van der Waals surface area contributed by atoms with Gasteiger partial charge in [0.15, 0.2) is 0 Å².